The highest BCUT2D eigenvalue weighted by Crippen LogP contribution is 2.37. The van der Waals surface area contributed by atoms with Crippen molar-refractivity contribution in [2.24, 2.45) is 0 Å². The Labute approximate surface area is 125 Å². The molecule has 4 nitrogen and oxygen atoms in total. The molecular formula is C17H21NO3. The number of rotatable bonds is 5. The molecule has 0 unspecified atom stereocenters. The fourth-order valence-corrected chi connectivity index (χ4v) is 2.11. The molecule has 2 aromatic rings. The van der Waals surface area contributed by atoms with Crippen LogP contribution in [0.3, 0.4) is 0 Å². The third-order valence-electron chi connectivity index (χ3n) is 3.54. The summed E-state index contributed by atoms with van der Waals surface area (Å²) in [6.07, 6.45) is 0. The van der Waals surface area contributed by atoms with Gasteiger partial charge in [0.05, 0.1) is 14.2 Å². The summed E-state index contributed by atoms with van der Waals surface area (Å²) in [6, 6.07) is 9.86. The van der Waals surface area contributed by atoms with E-state index in [1.54, 1.807) is 12.1 Å². The molecule has 0 aromatic heterocycles. The van der Waals surface area contributed by atoms with Crippen molar-refractivity contribution in [2.75, 3.05) is 19.5 Å². The van der Waals surface area contributed by atoms with Crippen molar-refractivity contribution in [3.05, 3.63) is 47.0 Å². The number of nitrogens with one attached hydrogen (secondary N) is 1. The average molecular weight is 287 g/mol. The molecule has 0 aliphatic heterocycles. The number of hydrogen-bond donors (Lipinski definition) is 2. The molecular weight excluding hydrogens is 266 g/mol. The molecule has 2 aromatic carbocycles. The van der Waals surface area contributed by atoms with E-state index in [9.17, 15) is 5.11 Å². The summed E-state index contributed by atoms with van der Waals surface area (Å²) in [5.74, 6) is 0.840. The van der Waals surface area contributed by atoms with Gasteiger partial charge >= 0.3 is 0 Å². The van der Waals surface area contributed by atoms with Crippen LogP contribution in [0.2, 0.25) is 0 Å². The Morgan fingerprint density at radius 3 is 2.10 bits per heavy atom. The zero-order valence-corrected chi connectivity index (χ0v) is 12.9. The summed E-state index contributed by atoms with van der Waals surface area (Å²) >= 11 is 0. The van der Waals surface area contributed by atoms with Crippen LogP contribution in [0, 0.1) is 13.8 Å². The predicted molar refractivity (Wildman–Crippen MR) is 84.5 cm³/mol. The maximum atomic E-state index is 9.90. The zero-order valence-electron chi connectivity index (χ0n) is 12.9. The van der Waals surface area contributed by atoms with Gasteiger partial charge in [0, 0.05) is 12.2 Å². The van der Waals surface area contributed by atoms with Gasteiger partial charge in [-0.15, -0.1) is 0 Å². The summed E-state index contributed by atoms with van der Waals surface area (Å²) in [7, 11) is 3.05. The monoisotopic (exact) mass is 287 g/mol. The number of phenolic OH excluding ortho intramolecular Hbond substituents is 1. The molecule has 112 valence electrons. The van der Waals surface area contributed by atoms with Crippen LogP contribution in [-0.2, 0) is 6.54 Å². The van der Waals surface area contributed by atoms with Crippen LogP contribution in [0.1, 0.15) is 16.7 Å². The van der Waals surface area contributed by atoms with Gasteiger partial charge in [-0.2, -0.15) is 0 Å². The lowest BCUT2D eigenvalue weighted by Gasteiger charge is -2.13. The molecule has 2 N–H and O–H groups in total. The van der Waals surface area contributed by atoms with Crippen molar-refractivity contribution in [3.63, 3.8) is 0 Å². The summed E-state index contributed by atoms with van der Waals surface area (Å²) in [5.41, 5.74) is 4.55. The first-order chi connectivity index (χ1) is 10.0. The number of aryl methyl sites for hydroxylation is 2. The van der Waals surface area contributed by atoms with Gasteiger partial charge in [0.15, 0.2) is 11.5 Å². The van der Waals surface area contributed by atoms with Crippen molar-refractivity contribution in [1.82, 2.24) is 0 Å². The fourth-order valence-electron chi connectivity index (χ4n) is 2.11. The lowest BCUT2D eigenvalue weighted by Crippen LogP contribution is -2.01. The highest BCUT2D eigenvalue weighted by atomic mass is 16.5. The molecule has 2 rings (SSSR count). The molecule has 0 fully saturated rings. The van der Waals surface area contributed by atoms with E-state index >= 15 is 0 Å². The maximum absolute atomic E-state index is 9.90. The first-order valence-corrected chi connectivity index (χ1v) is 6.80. The largest absolute Gasteiger partial charge is 0.502 e. The SMILES string of the molecule is COc1cc(CNc2ccc(C)c(C)c2)cc(OC)c1O. The Morgan fingerprint density at radius 1 is 0.952 bits per heavy atom. The lowest BCUT2D eigenvalue weighted by molar-refractivity contribution is 0.339. The zero-order chi connectivity index (χ0) is 15.4. The van der Waals surface area contributed by atoms with Crippen LogP contribution >= 0.6 is 0 Å². The van der Waals surface area contributed by atoms with Gasteiger partial charge in [0.2, 0.25) is 5.75 Å². The summed E-state index contributed by atoms with van der Waals surface area (Å²) in [4.78, 5) is 0. The standard InChI is InChI=1S/C17H21NO3/c1-11-5-6-14(7-12(11)2)18-10-13-8-15(20-3)17(19)16(9-13)21-4/h5-9,18-19H,10H2,1-4H3. The summed E-state index contributed by atoms with van der Waals surface area (Å²) in [6.45, 7) is 4.80. The molecule has 0 bridgehead atoms. The van der Waals surface area contributed by atoms with Gasteiger partial charge in [-0.05, 0) is 54.8 Å². The van der Waals surface area contributed by atoms with E-state index < -0.39 is 0 Å². The van der Waals surface area contributed by atoms with Gasteiger partial charge in [-0.3, -0.25) is 0 Å². The van der Waals surface area contributed by atoms with Crippen molar-refractivity contribution in [1.29, 1.82) is 0 Å². The fraction of sp³-hybridized carbons (Fsp3) is 0.294. The average Bonchev–Trinajstić information content (AvgIpc) is 2.49. The minimum Gasteiger partial charge on any atom is -0.502 e. The maximum Gasteiger partial charge on any atom is 0.200 e. The molecule has 0 amide bonds. The molecule has 0 radical (unpaired) electrons. The lowest BCUT2D eigenvalue weighted by atomic mass is 10.1. The molecule has 0 saturated carbocycles. The molecule has 0 atom stereocenters. The number of benzene rings is 2. The molecule has 21 heavy (non-hydrogen) atoms. The van der Waals surface area contributed by atoms with E-state index in [1.807, 2.05) is 0 Å². The molecule has 0 saturated heterocycles. The first-order valence-electron chi connectivity index (χ1n) is 6.80. The Hall–Kier alpha value is -2.36. The van der Waals surface area contributed by atoms with E-state index in [-0.39, 0.29) is 5.75 Å². The Kier molecular flexibility index (Phi) is 4.58. The predicted octanol–water partition coefficient (Wildman–Crippen LogP) is 3.64. The van der Waals surface area contributed by atoms with Gasteiger partial charge < -0.3 is 19.9 Å². The minimum absolute atomic E-state index is 0.0231. The normalized spacial score (nSPS) is 10.3. The number of ether oxygens (including phenoxy) is 2. The van der Waals surface area contributed by atoms with E-state index in [1.165, 1.54) is 25.3 Å². The Bertz CT molecular complexity index is 613. The third kappa shape index (κ3) is 3.40. The first kappa shape index (κ1) is 15.0. The number of methoxy groups -OCH3 is 2. The molecule has 0 heterocycles. The number of hydrogen-bond acceptors (Lipinski definition) is 4. The van der Waals surface area contributed by atoms with Crippen molar-refractivity contribution in [3.8, 4) is 17.2 Å². The highest BCUT2D eigenvalue weighted by Gasteiger charge is 2.11. The summed E-state index contributed by atoms with van der Waals surface area (Å²) < 4.78 is 10.3. The molecule has 0 spiro atoms. The molecule has 4 heteroatoms. The van der Waals surface area contributed by atoms with E-state index in [2.05, 4.69) is 37.4 Å². The van der Waals surface area contributed by atoms with Gasteiger partial charge in [-0.1, -0.05) is 6.07 Å². The van der Waals surface area contributed by atoms with Crippen LogP contribution in [-0.4, -0.2) is 19.3 Å². The smallest absolute Gasteiger partial charge is 0.200 e. The van der Waals surface area contributed by atoms with Crippen molar-refractivity contribution >= 4 is 5.69 Å². The van der Waals surface area contributed by atoms with Crippen molar-refractivity contribution in [2.45, 2.75) is 20.4 Å². The second-order valence-electron chi connectivity index (χ2n) is 5.00. The molecule has 0 aliphatic rings. The van der Waals surface area contributed by atoms with E-state index in [0.717, 1.165) is 11.3 Å². The van der Waals surface area contributed by atoms with Crippen LogP contribution in [0.4, 0.5) is 5.69 Å². The second-order valence-corrected chi connectivity index (χ2v) is 5.00. The van der Waals surface area contributed by atoms with Crippen LogP contribution in [0.25, 0.3) is 0 Å². The van der Waals surface area contributed by atoms with E-state index in [0.29, 0.717) is 18.0 Å². The van der Waals surface area contributed by atoms with Crippen LogP contribution in [0.5, 0.6) is 17.2 Å². The van der Waals surface area contributed by atoms with Crippen LogP contribution in [0.15, 0.2) is 30.3 Å². The van der Waals surface area contributed by atoms with E-state index in [4.69, 9.17) is 9.47 Å². The Balaban J connectivity index is 2.17. The third-order valence-corrected chi connectivity index (χ3v) is 3.54. The minimum atomic E-state index is 0.0231. The topological polar surface area (TPSA) is 50.7 Å². The number of aromatic hydroxyl groups is 1. The van der Waals surface area contributed by atoms with Gasteiger partial charge in [0.1, 0.15) is 0 Å². The summed E-state index contributed by atoms with van der Waals surface area (Å²) in [5, 5.41) is 13.3. The quantitative estimate of drug-likeness (QED) is 0.881. The van der Waals surface area contributed by atoms with Gasteiger partial charge in [-0.25, -0.2) is 0 Å². The van der Waals surface area contributed by atoms with Crippen molar-refractivity contribution < 1.29 is 14.6 Å². The second kappa shape index (κ2) is 6.39. The molecule has 0 aliphatic carbocycles. The Morgan fingerprint density at radius 2 is 1.57 bits per heavy atom. The number of phenols is 1. The van der Waals surface area contributed by atoms with Gasteiger partial charge in [0.25, 0.3) is 0 Å². The number of anilines is 1. The van der Waals surface area contributed by atoms with Crippen LogP contribution < -0.4 is 14.8 Å². The highest BCUT2D eigenvalue weighted by molar-refractivity contribution is 5.54.